The SMILES string of the molecule is CC(C)NC(=O)c1cc2c(nc1NCC1CC1)CCN(c1ncccn1)CC2. The Bertz CT molecular complexity index is 834. The molecule has 2 N–H and O–H groups in total. The van der Waals surface area contributed by atoms with Gasteiger partial charge < -0.3 is 15.5 Å². The third kappa shape index (κ3) is 4.40. The Hall–Kier alpha value is -2.70. The largest absolute Gasteiger partial charge is 0.369 e. The Morgan fingerprint density at radius 2 is 1.96 bits per heavy atom. The second-order valence-corrected chi connectivity index (χ2v) is 7.98. The van der Waals surface area contributed by atoms with E-state index in [0.29, 0.717) is 17.3 Å². The Kier molecular flexibility index (Phi) is 5.41. The molecule has 0 unspecified atom stereocenters. The summed E-state index contributed by atoms with van der Waals surface area (Å²) in [5.74, 6) is 2.12. The van der Waals surface area contributed by atoms with Gasteiger partial charge in [0, 0.05) is 50.2 Å². The Morgan fingerprint density at radius 1 is 1.21 bits per heavy atom. The number of rotatable bonds is 6. The van der Waals surface area contributed by atoms with Gasteiger partial charge in [-0.25, -0.2) is 15.0 Å². The van der Waals surface area contributed by atoms with Gasteiger partial charge in [-0.3, -0.25) is 4.79 Å². The molecule has 4 rings (SSSR count). The molecule has 2 aliphatic rings. The van der Waals surface area contributed by atoms with Crippen LogP contribution in [0.2, 0.25) is 0 Å². The minimum Gasteiger partial charge on any atom is -0.369 e. The van der Waals surface area contributed by atoms with E-state index in [-0.39, 0.29) is 11.9 Å². The first kappa shape index (κ1) is 18.7. The van der Waals surface area contributed by atoms with Crippen LogP contribution in [-0.2, 0) is 12.8 Å². The summed E-state index contributed by atoms with van der Waals surface area (Å²) in [5, 5.41) is 6.44. The third-order valence-electron chi connectivity index (χ3n) is 5.22. The summed E-state index contributed by atoms with van der Waals surface area (Å²) in [6.45, 7) is 6.48. The van der Waals surface area contributed by atoms with Crippen LogP contribution < -0.4 is 15.5 Å². The monoisotopic (exact) mass is 380 g/mol. The molecule has 148 valence electrons. The summed E-state index contributed by atoms with van der Waals surface area (Å²) in [6.07, 6.45) is 7.71. The van der Waals surface area contributed by atoms with Crippen LogP contribution in [0.4, 0.5) is 11.8 Å². The minimum atomic E-state index is -0.0592. The van der Waals surface area contributed by atoms with Gasteiger partial charge in [0.1, 0.15) is 5.82 Å². The van der Waals surface area contributed by atoms with Crippen LogP contribution in [0.3, 0.4) is 0 Å². The van der Waals surface area contributed by atoms with Gasteiger partial charge in [0.05, 0.1) is 5.56 Å². The predicted molar refractivity (Wildman–Crippen MR) is 110 cm³/mol. The number of carbonyl (C=O) groups excluding carboxylic acids is 1. The average Bonchev–Trinajstić information content (AvgIpc) is 3.52. The lowest BCUT2D eigenvalue weighted by molar-refractivity contribution is 0.0943. The second-order valence-electron chi connectivity index (χ2n) is 7.98. The highest BCUT2D eigenvalue weighted by molar-refractivity contribution is 5.99. The van der Waals surface area contributed by atoms with Crippen LogP contribution in [0.5, 0.6) is 0 Å². The maximum Gasteiger partial charge on any atom is 0.255 e. The van der Waals surface area contributed by atoms with Crippen molar-refractivity contribution >= 4 is 17.7 Å². The maximum absolute atomic E-state index is 12.8. The fourth-order valence-corrected chi connectivity index (χ4v) is 3.50. The second kappa shape index (κ2) is 8.12. The van der Waals surface area contributed by atoms with Gasteiger partial charge in [0.15, 0.2) is 0 Å². The molecule has 28 heavy (non-hydrogen) atoms. The van der Waals surface area contributed by atoms with Crippen molar-refractivity contribution in [1.29, 1.82) is 0 Å². The summed E-state index contributed by atoms with van der Waals surface area (Å²) < 4.78 is 0. The van der Waals surface area contributed by atoms with E-state index >= 15 is 0 Å². The fraction of sp³-hybridized carbons (Fsp3) is 0.524. The molecule has 1 amide bonds. The third-order valence-corrected chi connectivity index (χ3v) is 5.22. The van der Waals surface area contributed by atoms with Gasteiger partial charge in [0.25, 0.3) is 5.91 Å². The average molecular weight is 380 g/mol. The standard InChI is InChI=1S/C21H28N6O/c1-14(2)25-20(28)17-12-16-6-10-27(21-22-8-3-9-23-21)11-7-18(16)26-19(17)24-13-15-4-5-15/h3,8-9,12,14-15H,4-7,10-11,13H2,1-2H3,(H,24,26)(H,25,28). The molecule has 2 aromatic heterocycles. The zero-order valence-electron chi connectivity index (χ0n) is 16.6. The van der Waals surface area contributed by atoms with Gasteiger partial charge in [0.2, 0.25) is 5.95 Å². The van der Waals surface area contributed by atoms with Crippen molar-refractivity contribution < 1.29 is 4.79 Å². The number of nitrogens with zero attached hydrogens (tertiary/aromatic N) is 4. The van der Waals surface area contributed by atoms with Crippen molar-refractivity contribution in [3.05, 3.63) is 41.3 Å². The number of carbonyl (C=O) groups is 1. The van der Waals surface area contributed by atoms with Crippen molar-refractivity contribution in [3.63, 3.8) is 0 Å². The Labute approximate surface area is 166 Å². The van der Waals surface area contributed by atoms with E-state index in [9.17, 15) is 4.79 Å². The number of hydrogen-bond donors (Lipinski definition) is 2. The van der Waals surface area contributed by atoms with Crippen LogP contribution in [0.1, 0.15) is 48.3 Å². The molecule has 1 fully saturated rings. The predicted octanol–water partition coefficient (Wildman–Crippen LogP) is 2.44. The molecule has 7 nitrogen and oxygen atoms in total. The summed E-state index contributed by atoms with van der Waals surface area (Å²) in [4.78, 5) is 28.6. The number of pyridine rings is 1. The number of nitrogens with one attached hydrogen (secondary N) is 2. The molecule has 1 saturated carbocycles. The summed E-state index contributed by atoms with van der Waals surface area (Å²) in [7, 11) is 0. The zero-order chi connectivity index (χ0) is 19.5. The number of hydrogen-bond acceptors (Lipinski definition) is 6. The lowest BCUT2D eigenvalue weighted by Crippen LogP contribution is -2.31. The van der Waals surface area contributed by atoms with Crippen molar-refractivity contribution in [2.24, 2.45) is 5.92 Å². The molecule has 7 heteroatoms. The van der Waals surface area contributed by atoms with Crippen LogP contribution >= 0.6 is 0 Å². The van der Waals surface area contributed by atoms with Crippen LogP contribution in [0.25, 0.3) is 0 Å². The smallest absolute Gasteiger partial charge is 0.255 e. The van der Waals surface area contributed by atoms with Crippen molar-refractivity contribution in [3.8, 4) is 0 Å². The topological polar surface area (TPSA) is 83.0 Å². The first-order valence-corrected chi connectivity index (χ1v) is 10.2. The number of aromatic nitrogens is 3. The Balaban J connectivity index is 1.58. The molecule has 0 bridgehead atoms. The summed E-state index contributed by atoms with van der Waals surface area (Å²) in [6, 6.07) is 3.95. The molecule has 0 radical (unpaired) electrons. The van der Waals surface area contributed by atoms with Crippen molar-refractivity contribution in [2.45, 2.75) is 45.6 Å². The lowest BCUT2D eigenvalue weighted by atomic mass is 10.0. The Morgan fingerprint density at radius 3 is 2.68 bits per heavy atom. The van der Waals surface area contributed by atoms with Crippen molar-refractivity contribution in [2.75, 3.05) is 29.9 Å². The fourth-order valence-electron chi connectivity index (χ4n) is 3.50. The molecule has 2 aromatic rings. The van der Waals surface area contributed by atoms with Crippen molar-refractivity contribution in [1.82, 2.24) is 20.3 Å². The highest BCUT2D eigenvalue weighted by Gasteiger charge is 2.25. The number of amides is 1. The van der Waals surface area contributed by atoms with E-state index in [0.717, 1.165) is 49.7 Å². The van der Waals surface area contributed by atoms with E-state index in [2.05, 4.69) is 25.5 Å². The first-order chi connectivity index (χ1) is 13.6. The van der Waals surface area contributed by atoms with E-state index in [1.165, 1.54) is 12.8 Å². The molecule has 1 aliphatic carbocycles. The summed E-state index contributed by atoms with van der Waals surface area (Å²) >= 11 is 0. The van der Waals surface area contributed by atoms with Gasteiger partial charge in [-0.15, -0.1) is 0 Å². The van der Waals surface area contributed by atoms with E-state index in [1.807, 2.05) is 26.0 Å². The molecule has 0 aromatic carbocycles. The molecular formula is C21H28N6O. The molecule has 0 atom stereocenters. The van der Waals surface area contributed by atoms with Crippen LogP contribution in [0, 0.1) is 5.92 Å². The minimum absolute atomic E-state index is 0.0592. The highest BCUT2D eigenvalue weighted by atomic mass is 16.1. The quantitative estimate of drug-likeness (QED) is 0.801. The van der Waals surface area contributed by atoms with Gasteiger partial charge in [-0.1, -0.05) is 0 Å². The van der Waals surface area contributed by atoms with Gasteiger partial charge in [-0.05, 0) is 56.7 Å². The molecule has 3 heterocycles. The summed E-state index contributed by atoms with van der Waals surface area (Å²) in [5.41, 5.74) is 2.86. The van der Waals surface area contributed by atoms with E-state index in [4.69, 9.17) is 4.98 Å². The number of anilines is 2. The van der Waals surface area contributed by atoms with E-state index in [1.54, 1.807) is 12.4 Å². The first-order valence-electron chi connectivity index (χ1n) is 10.2. The highest BCUT2D eigenvalue weighted by Crippen LogP contribution is 2.30. The molecule has 1 aliphatic heterocycles. The number of fused-ring (bicyclic) bond motifs is 1. The van der Waals surface area contributed by atoms with Gasteiger partial charge in [-0.2, -0.15) is 0 Å². The van der Waals surface area contributed by atoms with E-state index < -0.39 is 0 Å². The van der Waals surface area contributed by atoms with Crippen LogP contribution in [-0.4, -0.2) is 46.5 Å². The molecule has 0 saturated heterocycles. The maximum atomic E-state index is 12.8. The molecular weight excluding hydrogens is 352 g/mol. The van der Waals surface area contributed by atoms with Crippen LogP contribution in [0.15, 0.2) is 24.5 Å². The zero-order valence-corrected chi connectivity index (χ0v) is 16.6. The lowest BCUT2D eigenvalue weighted by Gasteiger charge is -2.19. The normalized spacial score (nSPS) is 16.5. The molecule has 0 spiro atoms. The van der Waals surface area contributed by atoms with Gasteiger partial charge >= 0.3 is 0 Å².